The first-order valence-electron chi connectivity index (χ1n) is 14.7. The molecular weight excluding hydrogens is 542 g/mol. The fourth-order valence-electron chi connectivity index (χ4n) is 5.38. The summed E-state index contributed by atoms with van der Waals surface area (Å²) in [5, 5.41) is 5.64. The molecule has 5 atom stereocenters. The highest BCUT2D eigenvalue weighted by molar-refractivity contribution is 5.96. The summed E-state index contributed by atoms with van der Waals surface area (Å²) in [4.78, 5) is 55.0. The van der Waals surface area contributed by atoms with Gasteiger partial charge in [0.1, 0.15) is 23.2 Å². The van der Waals surface area contributed by atoms with Gasteiger partial charge in [-0.15, -0.1) is 0 Å². The van der Waals surface area contributed by atoms with Gasteiger partial charge in [-0.3, -0.25) is 9.59 Å². The monoisotopic (exact) mass is 585 g/mol. The van der Waals surface area contributed by atoms with Gasteiger partial charge in [-0.25, -0.2) is 9.59 Å². The van der Waals surface area contributed by atoms with Crippen molar-refractivity contribution >= 4 is 23.9 Å². The molecule has 1 saturated heterocycles. The van der Waals surface area contributed by atoms with Crippen molar-refractivity contribution in [2.24, 2.45) is 5.92 Å². The van der Waals surface area contributed by atoms with E-state index >= 15 is 0 Å². The van der Waals surface area contributed by atoms with E-state index in [2.05, 4.69) is 10.6 Å². The molecule has 2 heterocycles. The molecule has 3 amide bonds. The summed E-state index contributed by atoms with van der Waals surface area (Å²) in [5.74, 6) is -1.63. The molecule has 0 spiro atoms. The number of fused-ring (bicyclic) bond motifs is 2. The van der Waals surface area contributed by atoms with Gasteiger partial charge in [-0.05, 0) is 52.5 Å². The average molecular weight is 586 g/mol. The number of nitrogens with one attached hydrogen (secondary N) is 2. The number of amides is 3. The van der Waals surface area contributed by atoms with Crippen LogP contribution < -0.4 is 10.6 Å². The quantitative estimate of drug-likeness (QED) is 0.385. The van der Waals surface area contributed by atoms with Gasteiger partial charge < -0.3 is 34.5 Å². The molecule has 11 nitrogen and oxygen atoms in total. The first-order chi connectivity index (χ1) is 20.0. The van der Waals surface area contributed by atoms with Crippen molar-refractivity contribution in [2.75, 3.05) is 26.4 Å². The molecule has 2 aliphatic heterocycles. The minimum absolute atomic E-state index is 0.155. The highest BCUT2D eigenvalue weighted by Gasteiger charge is 2.62. The van der Waals surface area contributed by atoms with Gasteiger partial charge >= 0.3 is 12.1 Å². The Balaban J connectivity index is 1.59. The molecule has 1 aromatic rings. The molecule has 42 heavy (non-hydrogen) atoms. The SMILES string of the molecule is CCOC(=O)[C@@]12C[C@H]1C=CCOCCC[C@H](NC(=O)OC(C)(C)C)C(=O)N1C[C@H](OCc3ccccc3)C[C@H]1C(=O)N2. The van der Waals surface area contributed by atoms with Gasteiger partial charge in [0.15, 0.2) is 0 Å². The third-order valence-corrected chi connectivity index (χ3v) is 7.53. The molecule has 1 aromatic carbocycles. The smallest absolute Gasteiger partial charge is 0.408 e. The van der Waals surface area contributed by atoms with Crippen LogP contribution >= 0.6 is 0 Å². The summed E-state index contributed by atoms with van der Waals surface area (Å²) in [6, 6.07) is 7.79. The number of hydrogen-bond donors (Lipinski definition) is 2. The molecule has 0 aromatic heterocycles. The summed E-state index contributed by atoms with van der Waals surface area (Å²) in [6.07, 6.45) is 3.97. The molecule has 1 aliphatic carbocycles. The normalized spacial score (nSPS) is 28.4. The third kappa shape index (κ3) is 8.10. The zero-order valence-electron chi connectivity index (χ0n) is 24.9. The molecule has 3 aliphatic rings. The van der Waals surface area contributed by atoms with Gasteiger partial charge in [0, 0.05) is 25.5 Å². The van der Waals surface area contributed by atoms with Crippen LogP contribution in [0, 0.1) is 5.92 Å². The third-order valence-electron chi connectivity index (χ3n) is 7.53. The Kier molecular flexibility index (Phi) is 10.3. The van der Waals surface area contributed by atoms with Crippen molar-refractivity contribution in [3.8, 4) is 0 Å². The second kappa shape index (κ2) is 13.7. The van der Waals surface area contributed by atoms with Crippen LogP contribution in [0.15, 0.2) is 42.5 Å². The maximum Gasteiger partial charge on any atom is 0.408 e. The molecule has 11 heteroatoms. The van der Waals surface area contributed by atoms with Crippen LogP contribution in [0.5, 0.6) is 0 Å². The molecule has 230 valence electrons. The van der Waals surface area contributed by atoms with Crippen molar-refractivity contribution in [3.63, 3.8) is 0 Å². The van der Waals surface area contributed by atoms with Crippen molar-refractivity contribution < 1.29 is 38.1 Å². The molecular formula is C31H43N3O8. The molecule has 0 bridgehead atoms. The fraction of sp³-hybridized carbons (Fsp3) is 0.613. The Morgan fingerprint density at radius 1 is 1.19 bits per heavy atom. The van der Waals surface area contributed by atoms with Crippen LogP contribution in [0.25, 0.3) is 0 Å². The van der Waals surface area contributed by atoms with E-state index in [9.17, 15) is 19.2 Å². The average Bonchev–Trinajstić information content (AvgIpc) is 3.45. The predicted octanol–water partition coefficient (Wildman–Crippen LogP) is 2.87. The topological polar surface area (TPSA) is 132 Å². The highest BCUT2D eigenvalue weighted by atomic mass is 16.6. The molecule has 2 fully saturated rings. The number of rotatable bonds is 6. The van der Waals surface area contributed by atoms with Crippen LogP contribution in [0.4, 0.5) is 4.79 Å². The van der Waals surface area contributed by atoms with Crippen LogP contribution in [0.3, 0.4) is 0 Å². The zero-order chi connectivity index (χ0) is 30.3. The molecule has 0 radical (unpaired) electrons. The summed E-state index contributed by atoms with van der Waals surface area (Å²) in [7, 11) is 0. The Labute approximate surface area is 247 Å². The van der Waals surface area contributed by atoms with Crippen LogP contribution in [0.1, 0.15) is 58.9 Å². The lowest BCUT2D eigenvalue weighted by atomic mass is 10.1. The number of carbonyl (C=O) groups excluding carboxylic acids is 4. The fourth-order valence-corrected chi connectivity index (χ4v) is 5.38. The Bertz CT molecular complexity index is 1150. The number of esters is 1. The first kappa shape index (κ1) is 31.5. The van der Waals surface area contributed by atoms with E-state index in [-0.39, 0.29) is 31.9 Å². The second-order valence-corrected chi connectivity index (χ2v) is 12.0. The standard InChI is InChI=1S/C31H43N3O8/c1-5-40-28(37)31-18-22(31)13-9-15-39-16-10-14-24(32-29(38)42-30(2,3)4)27(36)34-19-23(17-25(34)26(35)33-31)41-20-21-11-7-6-8-12-21/h6-9,11-13,22-25H,5,10,14-20H2,1-4H3,(H,32,38)(H,33,35)/t22-,23-,24+,25+,31-/m1/s1. The lowest BCUT2D eigenvalue weighted by molar-refractivity contribution is -0.150. The number of ether oxygens (including phenoxy) is 4. The number of alkyl carbamates (subject to hydrolysis) is 1. The van der Waals surface area contributed by atoms with Crippen LogP contribution in [0.2, 0.25) is 0 Å². The summed E-state index contributed by atoms with van der Waals surface area (Å²) >= 11 is 0. The largest absolute Gasteiger partial charge is 0.464 e. The van der Waals surface area contributed by atoms with E-state index in [0.717, 1.165) is 5.56 Å². The number of benzene rings is 1. The Morgan fingerprint density at radius 2 is 1.95 bits per heavy atom. The summed E-state index contributed by atoms with van der Waals surface area (Å²) in [5.41, 5.74) is -0.983. The van der Waals surface area contributed by atoms with E-state index in [0.29, 0.717) is 32.7 Å². The maximum atomic E-state index is 14.0. The van der Waals surface area contributed by atoms with Crippen molar-refractivity contribution in [3.05, 3.63) is 48.0 Å². The minimum atomic E-state index is -1.20. The summed E-state index contributed by atoms with van der Waals surface area (Å²) in [6.45, 7) is 8.27. The second-order valence-electron chi connectivity index (χ2n) is 12.0. The van der Waals surface area contributed by atoms with Gasteiger partial charge in [-0.1, -0.05) is 42.5 Å². The molecule has 2 N–H and O–H groups in total. The van der Waals surface area contributed by atoms with E-state index in [1.54, 1.807) is 27.7 Å². The van der Waals surface area contributed by atoms with Gasteiger partial charge in [-0.2, -0.15) is 0 Å². The van der Waals surface area contributed by atoms with Crippen molar-refractivity contribution in [1.29, 1.82) is 0 Å². The molecule has 4 rings (SSSR count). The Hall–Kier alpha value is -3.44. The van der Waals surface area contributed by atoms with E-state index < -0.39 is 53.2 Å². The van der Waals surface area contributed by atoms with Gasteiger partial charge in [0.05, 0.1) is 25.9 Å². The number of carbonyl (C=O) groups is 4. The van der Waals surface area contributed by atoms with Crippen molar-refractivity contribution in [2.45, 2.75) is 89.3 Å². The van der Waals surface area contributed by atoms with Gasteiger partial charge in [0.2, 0.25) is 11.8 Å². The summed E-state index contributed by atoms with van der Waals surface area (Å²) < 4.78 is 22.6. The van der Waals surface area contributed by atoms with Gasteiger partial charge in [0.25, 0.3) is 0 Å². The number of nitrogens with zero attached hydrogens (tertiary/aromatic N) is 1. The minimum Gasteiger partial charge on any atom is -0.464 e. The lowest BCUT2D eigenvalue weighted by Crippen LogP contribution is -2.56. The van der Waals surface area contributed by atoms with E-state index in [4.69, 9.17) is 18.9 Å². The van der Waals surface area contributed by atoms with Crippen LogP contribution in [-0.2, 0) is 39.9 Å². The van der Waals surface area contributed by atoms with Crippen molar-refractivity contribution in [1.82, 2.24) is 15.5 Å². The van der Waals surface area contributed by atoms with E-state index in [1.165, 1.54) is 4.90 Å². The lowest BCUT2D eigenvalue weighted by Gasteiger charge is -2.30. The highest BCUT2D eigenvalue weighted by Crippen LogP contribution is 2.46. The number of hydrogen-bond acceptors (Lipinski definition) is 8. The first-order valence-corrected chi connectivity index (χ1v) is 14.7. The van der Waals surface area contributed by atoms with Crippen LogP contribution in [-0.4, -0.2) is 84.5 Å². The molecule has 1 saturated carbocycles. The zero-order valence-corrected chi connectivity index (χ0v) is 24.9. The van der Waals surface area contributed by atoms with E-state index in [1.807, 2.05) is 42.5 Å². The maximum absolute atomic E-state index is 14.0. The Morgan fingerprint density at radius 3 is 2.67 bits per heavy atom. The molecule has 0 unspecified atom stereocenters. The predicted molar refractivity (Wildman–Crippen MR) is 153 cm³/mol.